The van der Waals surface area contributed by atoms with E-state index < -0.39 is 0 Å². The maximum Gasteiger partial charge on any atom is 0.293 e. The lowest BCUT2D eigenvalue weighted by Gasteiger charge is -2.20. The van der Waals surface area contributed by atoms with Crippen LogP contribution in [0.1, 0.15) is 47.6 Å². The minimum Gasteiger partial charge on any atom is -0.338 e. The first-order valence-corrected chi connectivity index (χ1v) is 8.83. The molecule has 2 amide bonds. The molecule has 4 rings (SSSR count). The van der Waals surface area contributed by atoms with Gasteiger partial charge < -0.3 is 9.80 Å². The van der Waals surface area contributed by atoms with Crippen molar-refractivity contribution in [3.05, 3.63) is 29.6 Å². The van der Waals surface area contributed by atoms with E-state index in [-0.39, 0.29) is 23.1 Å². The molecule has 138 valence electrons. The Labute approximate surface area is 151 Å². The van der Waals surface area contributed by atoms with Gasteiger partial charge in [0.05, 0.1) is 11.8 Å². The summed E-state index contributed by atoms with van der Waals surface area (Å²) in [5, 5.41) is 13.5. The maximum absolute atomic E-state index is 12.7. The topological polar surface area (TPSA) is 111 Å². The third-order valence-electron chi connectivity index (χ3n) is 5.19. The predicted octanol–water partition coefficient (Wildman–Crippen LogP) is 0.669. The van der Waals surface area contributed by atoms with Gasteiger partial charge in [0.1, 0.15) is 5.82 Å². The highest BCUT2D eigenvalue weighted by Gasteiger charge is 2.44. The van der Waals surface area contributed by atoms with Crippen LogP contribution in [0.4, 0.5) is 0 Å². The minimum absolute atomic E-state index is 0.00480. The number of fused-ring (bicyclic) bond motifs is 1. The van der Waals surface area contributed by atoms with Crippen molar-refractivity contribution in [2.75, 3.05) is 26.2 Å². The third kappa shape index (κ3) is 2.87. The van der Waals surface area contributed by atoms with Gasteiger partial charge >= 0.3 is 0 Å². The van der Waals surface area contributed by atoms with Crippen LogP contribution in [0.15, 0.2) is 12.4 Å². The molecule has 2 atom stereocenters. The van der Waals surface area contributed by atoms with Crippen molar-refractivity contribution in [1.82, 2.24) is 35.2 Å². The van der Waals surface area contributed by atoms with E-state index in [1.165, 1.54) is 0 Å². The number of nitrogens with one attached hydrogen (secondary N) is 2. The van der Waals surface area contributed by atoms with Crippen LogP contribution in [0.3, 0.4) is 0 Å². The van der Waals surface area contributed by atoms with Crippen LogP contribution >= 0.6 is 0 Å². The van der Waals surface area contributed by atoms with Crippen LogP contribution in [0.5, 0.6) is 0 Å². The van der Waals surface area contributed by atoms with Gasteiger partial charge in [-0.2, -0.15) is 5.10 Å². The Bertz CT molecular complexity index is 807. The van der Waals surface area contributed by atoms with E-state index in [9.17, 15) is 9.59 Å². The number of likely N-dealkylation sites (tertiary alicyclic amines) is 2. The van der Waals surface area contributed by atoms with Crippen LogP contribution < -0.4 is 0 Å². The SMILES string of the molecule is CC(C)(C)c1nc(C(=O)N2C[C@H]3CN(C(=O)c4cn[nH]c4)C[C@H]3C2)n[nH]1. The van der Waals surface area contributed by atoms with E-state index >= 15 is 0 Å². The molecule has 2 saturated heterocycles. The molecule has 9 heteroatoms. The summed E-state index contributed by atoms with van der Waals surface area (Å²) >= 11 is 0. The molecule has 2 aliphatic heterocycles. The molecule has 9 nitrogen and oxygen atoms in total. The number of carbonyl (C=O) groups excluding carboxylic acids is 2. The van der Waals surface area contributed by atoms with Gasteiger partial charge in [-0.15, -0.1) is 5.10 Å². The predicted molar refractivity (Wildman–Crippen MR) is 92.5 cm³/mol. The Morgan fingerprint density at radius 3 is 2.19 bits per heavy atom. The second-order valence-electron chi connectivity index (χ2n) is 8.19. The number of hydrogen-bond donors (Lipinski definition) is 2. The van der Waals surface area contributed by atoms with Gasteiger partial charge in [-0.1, -0.05) is 20.8 Å². The number of hydrogen-bond acceptors (Lipinski definition) is 5. The second kappa shape index (κ2) is 5.93. The molecule has 0 aromatic carbocycles. The molecule has 0 saturated carbocycles. The van der Waals surface area contributed by atoms with Gasteiger partial charge in [0.2, 0.25) is 5.82 Å². The Balaban J connectivity index is 1.39. The molecule has 2 aromatic heterocycles. The lowest BCUT2D eigenvalue weighted by Crippen LogP contribution is -2.36. The highest BCUT2D eigenvalue weighted by atomic mass is 16.2. The highest BCUT2D eigenvalue weighted by Crippen LogP contribution is 2.32. The van der Waals surface area contributed by atoms with Crippen molar-refractivity contribution < 1.29 is 9.59 Å². The summed E-state index contributed by atoms with van der Waals surface area (Å²) in [5.41, 5.74) is 0.398. The molecular weight excluding hydrogens is 334 g/mol. The molecule has 2 N–H and O–H groups in total. The maximum atomic E-state index is 12.7. The van der Waals surface area contributed by atoms with E-state index in [1.807, 2.05) is 30.6 Å². The van der Waals surface area contributed by atoms with Gasteiger partial charge in [-0.25, -0.2) is 4.98 Å². The zero-order chi connectivity index (χ0) is 18.5. The standard InChI is InChI=1S/C17H23N7O2/c1-17(2,3)16-20-13(21-22-16)15(26)24-8-11-6-23(7-12(11)9-24)14(25)10-4-18-19-5-10/h4-5,11-12H,6-9H2,1-3H3,(H,18,19)(H,20,21,22)/t11-,12+. The zero-order valence-electron chi connectivity index (χ0n) is 15.2. The third-order valence-corrected chi connectivity index (χ3v) is 5.19. The van der Waals surface area contributed by atoms with Crippen LogP contribution in [0.2, 0.25) is 0 Å². The summed E-state index contributed by atoms with van der Waals surface area (Å²) in [6.45, 7) is 8.67. The summed E-state index contributed by atoms with van der Waals surface area (Å²) in [6.07, 6.45) is 3.16. The summed E-state index contributed by atoms with van der Waals surface area (Å²) < 4.78 is 0. The average molecular weight is 357 g/mol. The van der Waals surface area contributed by atoms with Crippen molar-refractivity contribution in [1.29, 1.82) is 0 Å². The lowest BCUT2D eigenvalue weighted by atomic mass is 9.96. The Morgan fingerprint density at radius 1 is 1.08 bits per heavy atom. The fourth-order valence-corrected chi connectivity index (χ4v) is 3.71. The molecule has 0 radical (unpaired) electrons. The Kier molecular flexibility index (Phi) is 3.82. The molecule has 0 bridgehead atoms. The smallest absolute Gasteiger partial charge is 0.293 e. The molecule has 0 spiro atoms. The average Bonchev–Trinajstić information content (AvgIpc) is 3.35. The van der Waals surface area contributed by atoms with Gasteiger partial charge in [0, 0.05) is 49.6 Å². The summed E-state index contributed by atoms with van der Waals surface area (Å²) in [5.74, 6) is 1.39. The normalized spacial score (nSPS) is 22.7. The second-order valence-corrected chi connectivity index (χ2v) is 8.19. The molecule has 0 aliphatic carbocycles. The van der Waals surface area contributed by atoms with Crippen molar-refractivity contribution in [3.8, 4) is 0 Å². The molecule has 2 fully saturated rings. The molecular formula is C17H23N7O2. The molecule has 0 unspecified atom stereocenters. The van der Waals surface area contributed by atoms with Crippen molar-refractivity contribution >= 4 is 11.8 Å². The molecule has 2 aliphatic rings. The van der Waals surface area contributed by atoms with Crippen molar-refractivity contribution in [2.24, 2.45) is 11.8 Å². The number of amides is 2. The van der Waals surface area contributed by atoms with Crippen molar-refractivity contribution in [2.45, 2.75) is 26.2 Å². The Morgan fingerprint density at radius 2 is 1.69 bits per heavy atom. The van der Waals surface area contributed by atoms with Gasteiger partial charge in [-0.3, -0.25) is 19.8 Å². The van der Waals surface area contributed by atoms with E-state index in [1.54, 1.807) is 12.4 Å². The monoisotopic (exact) mass is 357 g/mol. The summed E-state index contributed by atoms with van der Waals surface area (Å²) in [4.78, 5) is 33.2. The first kappa shape index (κ1) is 16.7. The number of H-pyrrole nitrogens is 2. The van der Waals surface area contributed by atoms with Crippen LogP contribution in [0.25, 0.3) is 0 Å². The molecule has 2 aromatic rings. The Hall–Kier alpha value is -2.71. The number of aromatic amines is 2. The van der Waals surface area contributed by atoms with E-state index in [0.29, 0.717) is 49.4 Å². The van der Waals surface area contributed by atoms with Crippen LogP contribution in [-0.2, 0) is 5.41 Å². The fourth-order valence-electron chi connectivity index (χ4n) is 3.71. The first-order chi connectivity index (χ1) is 12.3. The summed E-state index contributed by atoms with van der Waals surface area (Å²) in [7, 11) is 0. The lowest BCUT2D eigenvalue weighted by molar-refractivity contribution is 0.0732. The van der Waals surface area contributed by atoms with E-state index in [0.717, 1.165) is 0 Å². The number of nitrogens with zero attached hydrogens (tertiary/aromatic N) is 5. The van der Waals surface area contributed by atoms with Crippen molar-refractivity contribution in [3.63, 3.8) is 0 Å². The number of carbonyl (C=O) groups is 2. The first-order valence-electron chi connectivity index (χ1n) is 8.83. The number of rotatable bonds is 2. The van der Waals surface area contributed by atoms with E-state index in [2.05, 4.69) is 25.4 Å². The largest absolute Gasteiger partial charge is 0.338 e. The highest BCUT2D eigenvalue weighted by molar-refractivity contribution is 5.94. The van der Waals surface area contributed by atoms with E-state index in [4.69, 9.17) is 0 Å². The number of aromatic nitrogens is 5. The van der Waals surface area contributed by atoms with Gasteiger partial charge in [0.25, 0.3) is 11.8 Å². The van der Waals surface area contributed by atoms with Crippen LogP contribution in [-0.4, -0.2) is 73.2 Å². The molecule has 26 heavy (non-hydrogen) atoms. The fraction of sp³-hybridized carbons (Fsp3) is 0.588. The van der Waals surface area contributed by atoms with Gasteiger partial charge in [-0.05, 0) is 0 Å². The quantitative estimate of drug-likeness (QED) is 0.821. The van der Waals surface area contributed by atoms with Gasteiger partial charge in [0.15, 0.2) is 0 Å². The molecule has 4 heterocycles. The van der Waals surface area contributed by atoms with Crippen LogP contribution in [0, 0.1) is 11.8 Å². The minimum atomic E-state index is -0.180. The summed E-state index contributed by atoms with van der Waals surface area (Å²) in [6, 6.07) is 0. The zero-order valence-corrected chi connectivity index (χ0v) is 15.2.